The molecule has 0 fully saturated rings. The molecule has 0 aromatic carbocycles. The number of nitrogens with zero attached hydrogens (tertiary/aromatic N) is 5. The lowest BCUT2D eigenvalue weighted by atomic mass is 10.3. The van der Waals surface area contributed by atoms with Crippen molar-refractivity contribution in [3.8, 4) is 0 Å². The molecule has 3 aromatic rings. The Balaban J connectivity index is 2.14. The number of hydrogen-bond acceptors (Lipinski definition) is 7. The third kappa shape index (κ3) is 2.94. The van der Waals surface area contributed by atoms with E-state index in [1.54, 1.807) is 0 Å². The summed E-state index contributed by atoms with van der Waals surface area (Å²) in [5.41, 5.74) is -1.35. The summed E-state index contributed by atoms with van der Waals surface area (Å²) in [4.78, 5) is 3.74. The van der Waals surface area contributed by atoms with E-state index >= 15 is 0 Å². The molecule has 0 aliphatic rings. The average Bonchev–Trinajstić information content (AvgIpc) is 3.04. The fourth-order valence-electron chi connectivity index (χ4n) is 1.94. The minimum absolute atomic E-state index is 0.147. The fourth-order valence-corrected chi connectivity index (χ4v) is 3.37. The minimum atomic E-state index is -4.71. The van der Waals surface area contributed by atoms with Crippen LogP contribution in [0.4, 0.5) is 13.2 Å². The number of alkyl halides is 3. The molecule has 0 unspecified atom stereocenters. The standard InChI is InChI=1S/C11H7ClF3N5O3S/c1-5-16-8(19-23-5)4-24(21,22)10-18-17-9-7(12)2-6(3-20(9)10)11(13,14)15/h2-3H,4H2,1H3. The van der Waals surface area contributed by atoms with Gasteiger partial charge in [0.25, 0.3) is 5.16 Å². The lowest BCUT2D eigenvalue weighted by molar-refractivity contribution is -0.137. The minimum Gasteiger partial charge on any atom is -0.340 e. The van der Waals surface area contributed by atoms with Gasteiger partial charge in [0.2, 0.25) is 15.7 Å². The summed E-state index contributed by atoms with van der Waals surface area (Å²) in [6, 6.07) is 0.643. The number of rotatable bonds is 3. The Morgan fingerprint density at radius 1 is 1.33 bits per heavy atom. The van der Waals surface area contributed by atoms with Gasteiger partial charge in [0.15, 0.2) is 11.5 Å². The van der Waals surface area contributed by atoms with Crippen LogP contribution in [-0.2, 0) is 21.8 Å². The molecular weight excluding hydrogens is 375 g/mol. The van der Waals surface area contributed by atoms with Crippen LogP contribution in [0.15, 0.2) is 21.9 Å². The van der Waals surface area contributed by atoms with Crippen LogP contribution in [0.5, 0.6) is 0 Å². The zero-order valence-corrected chi connectivity index (χ0v) is 13.3. The Labute approximate surface area is 137 Å². The zero-order valence-electron chi connectivity index (χ0n) is 11.7. The van der Waals surface area contributed by atoms with Gasteiger partial charge < -0.3 is 4.52 Å². The molecule has 0 N–H and O–H groups in total. The van der Waals surface area contributed by atoms with Crippen LogP contribution in [-0.4, -0.2) is 33.2 Å². The summed E-state index contributed by atoms with van der Waals surface area (Å²) in [6.07, 6.45) is -4.15. The van der Waals surface area contributed by atoms with Gasteiger partial charge >= 0.3 is 6.18 Å². The van der Waals surface area contributed by atoms with Crippen molar-refractivity contribution in [2.45, 2.75) is 24.0 Å². The van der Waals surface area contributed by atoms with Crippen molar-refractivity contribution in [3.05, 3.63) is 34.6 Å². The fraction of sp³-hybridized carbons (Fsp3) is 0.273. The van der Waals surface area contributed by atoms with Crippen molar-refractivity contribution in [1.82, 2.24) is 24.7 Å². The Kier molecular flexibility index (Phi) is 3.75. The Bertz CT molecular complexity index is 1030. The third-order valence-corrected chi connectivity index (χ3v) is 4.67. The third-order valence-electron chi connectivity index (χ3n) is 2.92. The Hall–Kier alpha value is -2.21. The number of aromatic nitrogens is 5. The van der Waals surface area contributed by atoms with Gasteiger partial charge in [-0.05, 0) is 6.07 Å². The molecule has 0 radical (unpaired) electrons. The molecule has 0 amide bonds. The molecule has 0 atom stereocenters. The molecule has 0 aliphatic carbocycles. The maximum Gasteiger partial charge on any atom is 0.417 e. The van der Waals surface area contributed by atoms with E-state index in [2.05, 4.69) is 24.9 Å². The van der Waals surface area contributed by atoms with Crippen LogP contribution in [0.25, 0.3) is 5.65 Å². The molecule has 0 spiro atoms. The van der Waals surface area contributed by atoms with Gasteiger partial charge in [-0.15, -0.1) is 10.2 Å². The van der Waals surface area contributed by atoms with Crippen LogP contribution >= 0.6 is 11.6 Å². The van der Waals surface area contributed by atoms with Crippen LogP contribution in [0, 0.1) is 6.92 Å². The van der Waals surface area contributed by atoms with Crippen molar-refractivity contribution >= 4 is 27.1 Å². The summed E-state index contributed by atoms with van der Waals surface area (Å²) >= 11 is 5.74. The van der Waals surface area contributed by atoms with E-state index in [9.17, 15) is 21.6 Å². The summed E-state index contributed by atoms with van der Waals surface area (Å²) < 4.78 is 68.8. The van der Waals surface area contributed by atoms with E-state index in [-0.39, 0.29) is 22.4 Å². The lowest BCUT2D eigenvalue weighted by Crippen LogP contribution is -2.12. The largest absolute Gasteiger partial charge is 0.417 e. The molecule has 128 valence electrons. The first-order valence-electron chi connectivity index (χ1n) is 6.21. The molecule has 3 rings (SSSR count). The summed E-state index contributed by atoms with van der Waals surface area (Å²) in [7, 11) is -4.18. The van der Waals surface area contributed by atoms with Crippen molar-refractivity contribution in [1.29, 1.82) is 0 Å². The molecule has 8 nitrogen and oxygen atoms in total. The van der Waals surface area contributed by atoms with Crippen molar-refractivity contribution in [3.63, 3.8) is 0 Å². The lowest BCUT2D eigenvalue weighted by Gasteiger charge is -2.08. The molecule has 3 aromatic heterocycles. The highest BCUT2D eigenvalue weighted by atomic mass is 35.5. The SMILES string of the molecule is Cc1nc(CS(=O)(=O)c2nnc3c(Cl)cc(C(F)(F)F)cn23)no1. The van der Waals surface area contributed by atoms with Crippen LogP contribution in [0.1, 0.15) is 17.3 Å². The summed E-state index contributed by atoms with van der Waals surface area (Å²) in [6.45, 7) is 1.46. The van der Waals surface area contributed by atoms with Crippen LogP contribution in [0.2, 0.25) is 5.02 Å². The van der Waals surface area contributed by atoms with Crippen LogP contribution < -0.4 is 0 Å². The monoisotopic (exact) mass is 381 g/mol. The summed E-state index contributed by atoms with van der Waals surface area (Å²) in [5.74, 6) is -0.713. The number of hydrogen-bond donors (Lipinski definition) is 0. The van der Waals surface area contributed by atoms with Crippen molar-refractivity contribution < 1.29 is 26.1 Å². The first-order chi connectivity index (χ1) is 11.1. The van der Waals surface area contributed by atoms with Gasteiger partial charge in [-0.2, -0.15) is 18.2 Å². The molecule has 13 heteroatoms. The highest BCUT2D eigenvalue weighted by Crippen LogP contribution is 2.32. The molecule has 0 aliphatic heterocycles. The maximum absolute atomic E-state index is 12.9. The van der Waals surface area contributed by atoms with E-state index < -0.39 is 32.5 Å². The molecule has 0 saturated carbocycles. The Morgan fingerprint density at radius 3 is 2.62 bits per heavy atom. The van der Waals surface area contributed by atoms with Crippen LogP contribution in [0.3, 0.4) is 0 Å². The molecule has 0 saturated heterocycles. The van der Waals surface area contributed by atoms with Gasteiger partial charge in [0.1, 0.15) is 5.75 Å². The van der Waals surface area contributed by atoms with E-state index in [1.165, 1.54) is 6.92 Å². The second-order valence-corrected chi connectivity index (χ2v) is 7.03. The quantitative estimate of drug-likeness (QED) is 0.684. The zero-order chi connectivity index (χ0) is 17.7. The number of pyridine rings is 1. The first-order valence-corrected chi connectivity index (χ1v) is 8.24. The van der Waals surface area contributed by atoms with Gasteiger partial charge in [-0.1, -0.05) is 16.8 Å². The van der Waals surface area contributed by atoms with E-state index in [0.717, 1.165) is 0 Å². The van der Waals surface area contributed by atoms with Crippen molar-refractivity contribution in [2.24, 2.45) is 0 Å². The maximum atomic E-state index is 12.9. The molecule has 3 heterocycles. The number of sulfone groups is 1. The highest BCUT2D eigenvalue weighted by molar-refractivity contribution is 7.90. The predicted molar refractivity (Wildman–Crippen MR) is 72.9 cm³/mol. The summed E-state index contributed by atoms with van der Waals surface area (Å²) in [5, 5.41) is 9.32. The second kappa shape index (κ2) is 5.41. The predicted octanol–water partition coefficient (Wildman–Crippen LogP) is 2.07. The smallest absolute Gasteiger partial charge is 0.340 e. The first kappa shape index (κ1) is 16.6. The highest BCUT2D eigenvalue weighted by Gasteiger charge is 2.33. The molecule has 0 bridgehead atoms. The number of halogens is 4. The van der Waals surface area contributed by atoms with E-state index in [0.29, 0.717) is 16.7 Å². The van der Waals surface area contributed by atoms with E-state index in [4.69, 9.17) is 11.6 Å². The van der Waals surface area contributed by atoms with Gasteiger partial charge in [0.05, 0.1) is 10.6 Å². The van der Waals surface area contributed by atoms with Gasteiger partial charge in [-0.25, -0.2) is 8.42 Å². The van der Waals surface area contributed by atoms with E-state index in [1.807, 2.05) is 0 Å². The average molecular weight is 382 g/mol. The van der Waals surface area contributed by atoms with Gasteiger partial charge in [0, 0.05) is 13.1 Å². The molecule has 24 heavy (non-hydrogen) atoms. The number of aryl methyl sites for hydroxylation is 1. The van der Waals surface area contributed by atoms with Crippen molar-refractivity contribution in [2.75, 3.05) is 0 Å². The number of fused-ring (bicyclic) bond motifs is 1. The van der Waals surface area contributed by atoms with Gasteiger partial charge in [-0.3, -0.25) is 4.40 Å². The Morgan fingerprint density at radius 2 is 2.04 bits per heavy atom. The normalized spacial score (nSPS) is 12.9. The topological polar surface area (TPSA) is 103 Å². The second-order valence-electron chi connectivity index (χ2n) is 4.74. The molecular formula is C11H7ClF3N5O3S.